The van der Waals surface area contributed by atoms with Crippen LogP contribution < -0.4 is 10.6 Å². The van der Waals surface area contributed by atoms with Crippen LogP contribution in [0, 0.1) is 5.92 Å². The highest BCUT2D eigenvalue weighted by atomic mass is 35.5. The number of anilines is 1. The van der Waals surface area contributed by atoms with E-state index in [9.17, 15) is 18.0 Å². The third-order valence-corrected chi connectivity index (χ3v) is 7.85. The Morgan fingerprint density at radius 1 is 1.15 bits per heavy atom. The standard InChI is InChI=1S/C23H27Cl2N3O4S/c1-2-11-26-23(30)19-7-3-4-8-21(19)27-22(29)16-6-5-12-28(14-16)33(31,32)15-17-9-10-18(24)13-20(17)25/h3-4,7-10,13,16H,2,5-6,11-12,14-15H2,1H3,(H,26,30)(H,27,29). The molecule has 3 rings (SSSR count). The fourth-order valence-corrected chi connectivity index (χ4v) is 5.89. The van der Waals surface area contributed by atoms with Gasteiger partial charge in [0.25, 0.3) is 5.91 Å². The minimum atomic E-state index is -3.68. The molecule has 1 unspecified atom stereocenters. The molecule has 0 saturated carbocycles. The van der Waals surface area contributed by atoms with E-state index in [1.54, 1.807) is 36.4 Å². The highest BCUT2D eigenvalue weighted by Gasteiger charge is 2.33. The van der Waals surface area contributed by atoms with Gasteiger partial charge in [0, 0.05) is 29.7 Å². The fraction of sp³-hybridized carbons (Fsp3) is 0.391. The molecule has 33 heavy (non-hydrogen) atoms. The number of piperidine rings is 1. The number of nitrogens with one attached hydrogen (secondary N) is 2. The van der Waals surface area contributed by atoms with Crippen LogP contribution in [0.15, 0.2) is 42.5 Å². The molecule has 1 aliphatic heterocycles. The summed E-state index contributed by atoms with van der Waals surface area (Å²) in [4.78, 5) is 25.4. The lowest BCUT2D eigenvalue weighted by Crippen LogP contribution is -2.44. The number of hydrogen-bond donors (Lipinski definition) is 2. The van der Waals surface area contributed by atoms with E-state index in [-0.39, 0.29) is 29.1 Å². The van der Waals surface area contributed by atoms with Crippen LogP contribution in [0.4, 0.5) is 5.69 Å². The summed E-state index contributed by atoms with van der Waals surface area (Å²) in [5.74, 6) is -1.37. The third-order valence-electron chi connectivity index (χ3n) is 5.47. The number of hydrogen-bond acceptors (Lipinski definition) is 4. The van der Waals surface area contributed by atoms with Crippen molar-refractivity contribution in [3.63, 3.8) is 0 Å². The summed E-state index contributed by atoms with van der Waals surface area (Å²) >= 11 is 12.1. The fourth-order valence-electron chi connectivity index (χ4n) is 3.69. The van der Waals surface area contributed by atoms with Crippen LogP contribution in [0.5, 0.6) is 0 Å². The van der Waals surface area contributed by atoms with Gasteiger partial charge in [-0.15, -0.1) is 0 Å². The van der Waals surface area contributed by atoms with Crippen LogP contribution in [0.25, 0.3) is 0 Å². The maximum Gasteiger partial charge on any atom is 0.253 e. The van der Waals surface area contributed by atoms with E-state index in [1.807, 2.05) is 6.92 Å². The van der Waals surface area contributed by atoms with Crippen LogP contribution in [0.2, 0.25) is 10.0 Å². The number of amides is 2. The zero-order chi connectivity index (χ0) is 24.0. The van der Waals surface area contributed by atoms with Gasteiger partial charge in [0.05, 0.1) is 22.9 Å². The molecule has 0 aromatic heterocycles. The van der Waals surface area contributed by atoms with Crippen molar-refractivity contribution in [2.45, 2.75) is 31.9 Å². The first-order chi connectivity index (χ1) is 15.7. The number of rotatable bonds is 8. The molecule has 7 nitrogen and oxygen atoms in total. The van der Waals surface area contributed by atoms with Gasteiger partial charge in [-0.05, 0) is 49.1 Å². The first-order valence-corrected chi connectivity index (χ1v) is 13.2. The average molecular weight is 512 g/mol. The van der Waals surface area contributed by atoms with Gasteiger partial charge in [0.2, 0.25) is 15.9 Å². The molecule has 1 fully saturated rings. The van der Waals surface area contributed by atoms with Gasteiger partial charge >= 0.3 is 0 Å². The van der Waals surface area contributed by atoms with E-state index < -0.39 is 15.9 Å². The largest absolute Gasteiger partial charge is 0.352 e. The van der Waals surface area contributed by atoms with Crippen LogP contribution in [-0.2, 0) is 20.6 Å². The molecule has 0 spiro atoms. The van der Waals surface area contributed by atoms with E-state index >= 15 is 0 Å². The number of benzene rings is 2. The van der Waals surface area contributed by atoms with Crippen molar-refractivity contribution in [1.29, 1.82) is 0 Å². The predicted octanol–water partition coefficient (Wildman–Crippen LogP) is 4.31. The first kappa shape index (κ1) is 25.5. The summed E-state index contributed by atoms with van der Waals surface area (Å²) in [5.41, 5.74) is 1.24. The van der Waals surface area contributed by atoms with E-state index in [4.69, 9.17) is 23.2 Å². The molecule has 2 N–H and O–H groups in total. The van der Waals surface area contributed by atoms with Crippen LogP contribution >= 0.6 is 23.2 Å². The second-order valence-electron chi connectivity index (χ2n) is 7.98. The van der Waals surface area contributed by atoms with Crippen molar-refractivity contribution < 1.29 is 18.0 Å². The number of carbonyl (C=O) groups is 2. The van der Waals surface area contributed by atoms with Crippen molar-refractivity contribution in [2.75, 3.05) is 25.0 Å². The highest BCUT2D eigenvalue weighted by Crippen LogP contribution is 2.27. The Morgan fingerprint density at radius 3 is 2.64 bits per heavy atom. The van der Waals surface area contributed by atoms with E-state index in [2.05, 4.69) is 10.6 Å². The lowest BCUT2D eigenvalue weighted by molar-refractivity contribution is -0.120. The second kappa shape index (κ2) is 11.3. The predicted molar refractivity (Wildman–Crippen MR) is 131 cm³/mol. The number of para-hydroxylation sites is 1. The smallest absolute Gasteiger partial charge is 0.253 e. The lowest BCUT2D eigenvalue weighted by Gasteiger charge is -2.31. The Balaban J connectivity index is 1.69. The van der Waals surface area contributed by atoms with Gasteiger partial charge in [-0.25, -0.2) is 12.7 Å². The van der Waals surface area contributed by atoms with Crippen molar-refractivity contribution in [3.05, 3.63) is 63.6 Å². The molecule has 1 saturated heterocycles. The number of sulfonamides is 1. The molecule has 178 valence electrons. The Kier molecular flexibility index (Phi) is 8.75. The minimum Gasteiger partial charge on any atom is -0.352 e. The Morgan fingerprint density at radius 2 is 1.91 bits per heavy atom. The summed E-state index contributed by atoms with van der Waals surface area (Å²) < 4.78 is 27.4. The van der Waals surface area contributed by atoms with Crippen molar-refractivity contribution >= 4 is 50.7 Å². The summed E-state index contributed by atoms with van der Waals surface area (Å²) in [6.45, 7) is 2.91. The summed E-state index contributed by atoms with van der Waals surface area (Å²) in [6, 6.07) is 11.5. The minimum absolute atomic E-state index is 0.0730. The van der Waals surface area contributed by atoms with Gasteiger partial charge in [-0.2, -0.15) is 0 Å². The SMILES string of the molecule is CCCNC(=O)c1ccccc1NC(=O)C1CCCN(S(=O)(=O)Cc2ccc(Cl)cc2Cl)C1. The Hall–Kier alpha value is -2.13. The van der Waals surface area contributed by atoms with Gasteiger partial charge < -0.3 is 10.6 Å². The number of halogens is 2. The Labute approximate surface area is 204 Å². The first-order valence-electron chi connectivity index (χ1n) is 10.8. The van der Waals surface area contributed by atoms with Gasteiger partial charge in [-0.1, -0.05) is 48.3 Å². The summed E-state index contributed by atoms with van der Waals surface area (Å²) in [6.07, 6.45) is 1.92. The molecule has 10 heteroatoms. The van der Waals surface area contributed by atoms with E-state index in [0.717, 1.165) is 6.42 Å². The molecule has 2 aromatic carbocycles. The molecule has 2 amide bonds. The highest BCUT2D eigenvalue weighted by molar-refractivity contribution is 7.88. The monoisotopic (exact) mass is 511 g/mol. The maximum atomic E-state index is 13.0. The third kappa shape index (κ3) is 6.69. The van der Waals surface area contributed by atoms with Crippen LogP contribution in [-0.4, -0.2) is 44.2 Å². The molecule has 1 aliphatic rings. The summed E-state index contributed by atoms with van der Waals surface area (Å²) in [5, 5.41) is 6.34. The molecular formula is C23H27Cl2N3O4S. The van der Waals surface area contributed by atoms with Crippen molar-refractivity contribution in [1.82, 2.24) is 9.62 Å². The second-order valence-corrected chi connectivity index (χ2v) is 10.8. The Bertz CT molecular complexity index is 1120. The molecule has 2 aromatic rings. The van der Waals surface area contributed by atoms with E-state index in [0.29, 0.717) is 47.8 Å². The van der Waals surface area contributed by atoms with Gasteiger partial charge in [0.1, 0.15) is 0 Å². The topological polar surface area (TPSA) is 95.6 Å². The molecule has 1 atom stereocenters. The number of nitrogens with zero attached hydrogens (tertiary/aromatic N) is 1. The quantitative estimate of drug-likeness (QED) is 0.551. The van der Waals surface area contributed by atoms with Gasteiger partial charge in [-0.3, -0.25) is 9.59 Å². The molecule has 0 radical (unpaired) electrons. The molecule has 0 bridgehead atoms. The zero-order valence-electron chi connectivity index (χ0n) is 18.3. The maximum absolute atomic E-state index is 13.0. The normalized spacial score (nSPS) is 16.9. The summed E-state index contributed by atoms with van der Waals surface area (Å²) in [7, 11) is -3.68. The lowest BCUT2D eigenvalue weighted by atomic mass is 9.98. The van der Waals surface area contributed by atoms with E-state index in [1.165, 1.54) is 10.4 Å². The average Bonchev–Trinajstić information content (AvgIpc) is 2.79. The number of carbonyl (C=O) groups excluding carboxylic acids is 2. The van der Waals surface area contributed by atoms with Crippen LogP contribution in [0.1, 0.15) is 42.1 Å². The van der Waals surface area contributed by atoms with Crippen LogP contribution in [0.3, 0.4) is 0 Å². The zero-order valence-corrected chi connectivity index (χ0v) is 20.6. The van der Waals surface area contributed by atoms with Gasteiger partial charge in [0.15, 0.2) is 0 Å². The van der Waals surface area contributed by atoms with Crippen molar-refractivity contribution in [3.8, 4) is 0 Å². The molecule has 0 aliphatic carbocycles. The molecular weight excluding hydrogens is 485 g/mol. The molecule has 1 heterocycles. The van der Waals surface area contributed by atoms with Crippen molar-refractivity contribution in [2.24, 2.45) is 5.92 Å².